The number of hydrogen-bond acceptors (Lipinski definition) is 6. The SMILES string of the molecule is COc1ccc(NC(=O)c2cc(-c3ccccc3OC)c(=O)n3ccc4ccsc4c23)cc1OC. The number of rotatable bonds is 6. The van der Waals surface area contributed by atoms with Crippen molar-refractivity contribution < 1.29 is 19.0 Å². The molecule has 0 atom stereocenters. The number of para-hydroxylation sites is 1. The largest absolute Gasteiger partial charge is 0.496 e. The number of nitrogens with one attached hydrogen (secondary N) is 1. The molecule has 1 amide bonds. The van der Waals surface area contributed by atoms with E-state index in [0.29, 0.717) is 45.1 Å². The molecule has 0 aliphatic heterocycles. The zero-order valence-electron chi connectivity index (χ0n) is 19.3. The fourth-order valence-corrected chi connectivity index (χ4v) is 5.10. The average Bonchev–Trinajstić information content (AvgIpc) is 3.38. The summed E-state index contributed by atoms with van der Waals surface area (Å²) < 4.78 is 18.5. The number of carbonyl (C=O) groups excluding carboxylic acids is 1. The van der Waals surface area contributed by atoms with Crippen LogP contribution in [0.1, 0.15) is 10.4 Å². The van der Waals surface area contributed by atoms with E-state index in [-0.39, 0.29) is 11.5 Å². The van der Waals surface area contributed by atoms with E-state index in [1.165, 1.54) is 22.8 Å². The molecule has 0 saturated carbocycles. The van der Waals surface area contributed by atoms with E-state index in [1.807, 2.05) is 35.7 Å². The number of benzene rings is 2. The summed E-state index contributed by atoms with van der Waals surface area (Å²) in [6, 6.07) is 17.9. The summed E-state index contributed by atoms with van der Waals surface area (Å²) in [5.41, 5.74) is 2.21. The van der Waals surface area contributed by atoms with E-state index < -0.39 is 0 Å². The van der Waals surface area contributed by atoms with Gasteiger partial charge in [0.1, 0.15) is 5.75 Å². The van der Waals surface area contributed by atoms with Gasteiger partial charge in [0.2, 0.25) is 0 Å². The van der Waals surface area contributed by atoms with Gasteiger partial charge in [0, 0.05) is 23.5 Å². The number of nitrogens with zero attached hydrogens (tertiary/aromatic N) is 1. The molecule has 0 unspecified atom stereocenters. The number of thiophene rings is 1. The topological polar surface area (TPSA) is 78.3 Å². The van der Waals surface area contributed by atoms with Crippen LogP contribution in [0.4, 0.5) is 5.69 Å². The summed E-state index contributed by atoms with van der Waals surface area (Å²) in [6.07, 6.45) is 1.71. The fraction of sp³-hybridized carbons (Fsp3) is 0.111. The molecule has 176 valence electrons. The Morgan fingerprint density at radius 1 is 0.857 bits per heavy atom. The van der Waals surface area contributed by atoms with Crippen LogP contribution >= 0.6 is 11.3 Å². The molecule has 0 spiro atoms. The third-order valence-corrected chi connectivity index (χ3v) is 6.77. The van der Waals surface area contributed by atoms with Gasteiger partial charge < -0.3 is 19.5 Å². The number of aromatic nitrogens is 1. The van der Waals surface area contributed by atoms with E-state index in [2.05, 4.69) is 5.32 Å². The van der Waals surface area contributed by atoms with Crippen molar-refractivity contribution >= 4 is 38.5 Å². The second-order valence-electron chi connectivity index (χ2n) is 7.74. The van der Waals surface area contributed by atoms with E-state index in [4.69, 9.17) is 14.2 Å². The maximum Gasteiger partial charge on any atom is 0.263 e. The molecule has 7 nitrogen and oxygen atoms in total. The van der Waals surface area contributed by atoms with E-state index >= 15 is 0 Å². The minimum Gasteiger partial charge on any atom is -0.496 e. The molecule has 0 radical (unpaired) electrons. The van der Waals surface area contributed by atoms with Gasteiger partial charge >= 0.3 is 0 Å². The predicted molar refractivity (Wildman–Crippen MR) is 139 cm³/mol. The smallest absolute Gasteiger partial charge is 0.263 e. The summed E-state index contributed by atoms with van der Waals surface area (Å²) in [4.78, 5) is 27.3. The Kier molecular flexibility index (Phi) is 5.88. The van der Waals surface area contributed by atoms with Gasteiger partial charge in [0.05, 0.1) is 42.7 Å². The summed E-state index contributed by atoms with van der Waals surface area (Å²) >= 11 is 1.48. The van der Waals surface area contributed by atoms with Crippen LogP contribution in [0.25, 0.3) is 26.7 Å². The number of ether oxygens (including phenoxy) is 3. The average molecular weight is 487 g/mol. The molecule has 0 bridgehead atoms. The molecule has 5 rings (SSSR count). The monoisotopic (exact) mass is 486 g/mol. The fourth-order valence-electron chi connectivity index (χ4n) is 4.15. The second-order valence-corrected chi connectivity index (χ2v) is 8.66. The van der Waals surface area contributed by atoms with Crippen LogP contribution in [-0.4, -0.2) is 31.6 Å². The van der Waals surface area contributed by atoms with Gasteiger partial charge in [-0.1, -0.05) is 18.2 Å². The highest BCUT2D eigenvalue weighted by Crippen LogP contribution is 2.34. The molecule has 35 heavy (non-hydrogen) atoms. The first-order chi connectivity index (χ1) is 17.0. The number of pyridine rings is 2. The standard InChI is InChI=1S/C27H22N2O5S/c1-32-21-7-5-4-6-18(21)19-15-20(24-25-16(11-13-35-25)10-12-29(24)27(19)31)26(30)28-17-8-9-22(33-2)23(14-17)34-3/h4-15H,1-3H3,(H,28,30). The maximum atomic E-state index is 13.7. The Morgan fingerprint density at radius 3 is 2.40 bits per heavy atom. The lowest BCUT2D eigenvalue weighted by atomic mass is 10.0. The zero-order valence-corrected chi connectivity index (χ0v) is 20.1. The van der Waals surface area contributed by atoms with Crippen LogP contribution < -0.4 is 25.1 Å². The predicted octanol–water partition coefficient (Wildman–Crippen LogP) is 5.46. The Morgan fingerprint density at radius 2 is 1.63 bits per heavy atom. The van der Waals surface area contributed by atoms with Crippen LogP contribution in [0.2, 0.25) is 0 Å². The van der Waals surface area contributed by atoms with Gasteiger partial charge in [-0.2, -0.15) is 0 Å². The maximum absolute atomic E-state index is 13.7. The normalized spacial score (nSPS) is 10.9. The molecular formula is C27H22N2O5S. The molecular weight excluding hydrogens is 464 g/mol. The van der Waals surface area contributed by atoms with Crippen molar-refractivity contribution in [1.82, 2.24) is 4.40 Å². The van der Waals surface area contributed by atoms with Gasteiger partial charge in [-0.3, -0.25) is 14.0 Å². The summed E-state index contributed by atoms with van der Waals surface area (Å²) in [6.45, 7) is 0. The quantitative estimate of drug-likeness (QED) is 0.345. The zero-order chi connectivity index (χ0) is 24.5. The lowest BCUT2D eigenvalue weighted by molar-refractivity contribution is 0.102. The van der Waals surface area contributed by atoms with Gasteiger partial charge in [-0.25, -0.2) is 0 Å². The highest BCUT2D eigenvalue weighted by molar-refractivity contribution is 7.18. The molecule has 3 heterocycles. The van der Waals surface area contributed by atoms with Crippen molar-refractivity contribution in [3.63, 3.8) is 0 Å². The van der Waals surface area contributed by atoms with Crippen LogP contribution in [0, 0.1) is 0 Å². The summed E-state index contributed by atoms with van der Waals surface area (Å²) in [5, 5.41) is 5.85. The molecule has 0 aliphatic rings. The number of fused-ring (bicyclic) bond motifs is 3. The second kappa shape index (κ2) is 9.15. The van der Waals surface area contributed by atoms with Crippen LogP contribution in [0.5, 0.6) is 17.2 Å². The molecule has 0 fully saturated rings. The van der Waals surface area contributed by atoms with Crippen molar-refractivity contribution in [2.24, 2.45) is 0 Å². The van der Waals surface area contributed by atoms with Crippen molar-refractivity contribution in [2.45, 2.75) is 0 Å². The highest BCUT2D eigenvalue weighted by atomic mass is 32.1. The number of anilines is 1. The van der Waals surface area contributed by atoms with E-state index in [1.54, 1.807) is 50.7 Å². The number of hydrogen-bond donors (Lipinski definition) is 1. The number of amides is 1. The molecule has 1 N–H and O–H groups in total. The molecule has 5 aromatic rings. The first-order valence-electron chi connectivity index (χ1n) is 10.8. The summed E-state index contributed by atoms with van der Waals surface area (Å²) in [7, 11) is 4.64. The van der Waals surface area contributed by atoms with Gasteiger partial charge in [0.15, 0.2) is 11.5 Å². The lowest BCUT2D eigenvalue weighted by Crippen LogP contribution is -2.21. The minimum atomic E-state index is -0.355. The van der Waals surface area contributed by atoms with Gasteiger partial charge in [-0.15, -0.1) is 11.3 Å². The number of carbonyl (C=O) groups is 1. The minimum absolute atomic E-state index is 0.234. The Hall–Kier alpha value is -4.30. The Balaban J connectivity index is 1.73. The molecule has 0 aliphatic carbocycles. The van der Waals surface area contributed by atoms with Crippen LogP contribution in [0.15, 0.2) is 77.0 Å². The molecule has 8 heteroatoms. The lowest BCUT2D eigenvalue weighted by Gasteiger charge is -2.15. The van der Waals surface area contributed by atoms with Crippen molar-refractivity contribution in [2.75, 3.05) is 26.6 Å². The summed E-state index contributed by atoms with van der Waals surface area (Å²) in [5.74, 6) is 1.25. The Bertz CT molecular complexity index is 1640. The third kappa shape index (κ3) is 3.87. The van der Waals surface area contributed by atoms with Crippen molar-refractivity contribution in [3.05, 3.63) is 88.2 Å². The first-order valence-corrected chi connectivity index (χ1v) is 11.7. The van der Waals surface area contributed by atoms with Crippen molar-refractivity contribution in [1.29, 1.82) is 0 Å². The van der Waals surface area contributed by atoms with Gasteiger partial charge in [0.25, 0.3) is 11.5 Å². The number of methoxy groups -OCH3 is 3. The highest BCUT2D eigenvalue weighted by Gasteiger charge is 2.21. The third-order valence-electron chi connectivity index (χ3n) is 5.83. The molecule has 0 saturated heterocycles. The van der Waals surface area contributed by atoms with E-state index in [9.17, 15) is 9.59 Å². The van der Waals surface area contributed by atoms with E-state index in [0.717, 1.165) is 10.1 Å². The molecule has 3 aromatic heterocycles. The van der Waals surface area contributed by atoms with Gasteiger partial charge in [-0.05, 0) is 47.2 Å². The van der Waals surface area contributed by atoms with Crippen molar-refractivity contribution in [3.8, 4) is 28.4 Å². The Labute approximate surface area is 205 Å². The van der Waals surface area contributed by atoms with Crippen LogP contribution in [-0.2, 0) is 0 Å². The molecule has 2 aromatic carbocycles. The first kappa shape index (κ1) is 22.5. The van der Waals surface area contributed by atoms with Crippen LogP contribution in [0.3, 0.4) is 0 Å².